The molecule has 2 rings (SSSR count). The van der Waals surface area contributed by atoms with Crippen molar-refractivity contribution >= 4 is 0 Å². The number of benzene rings is 1. The fraction of sp³-hybridized carbons (Fsp3) is 0.412. The predicted octanol–water partition coefficient (Wildman–Crippen LogP) is 3.08. The number of nitrogens with zero attached hydrogens (tertiary/aromatic N) is 2. The lowest BCUT2D eigenvalue weighted by atomic mass is 10.0. The van der Waals surface area contributed by atoms with Gasteiger partial charge in [-0.25, -0.2) is 4.98 Å². The molecule has 112 valence electrons. The van der Waals surface area contributed by atoms with Crippen molar-refractivity contribution in [1.82, 2.24) is 15.3 Å². The molecule has 0 aliphatic heterocycles. The molecule has 2 aromatic rings. The van der Waals surface area contributed by atoms with Crippen LogP contribution in [-0.4, -0.2) is 23.6 Å². The van der Waals surface area contributed by atoms with Crippen LogP contribution in [0.15, 0.2) is 36.7 Å². The zero-order valence-corrected chi connectivity index (χ0v) is 13.0. The summed E-state index contributed by atoms with van der Waals surface area (Å²) in [6.45, 7) is 5.21. The van der Waals surface area contributed by atoms with Gasteiger partial charge >= 0.3 is 0 Å². The number of nitrogens with one attached hydrogen (secondary N) is 1. The normalized spacial score (nSPS) is 12.1. The second-order valence-corrected chi connectivity index (χ2v) is 5.15. The molecule has 4 heteroatoms. The largest absolute Gasteiger partial charge is 0.480 e. The Balaban J connectivity index is 2.25. The van der Waals surface area contributed by atoms with Crippen LogP contribution in [0.2, 0.25) is 0 Å². The Morgan fingerprint density at radius 3 is 2.76 bits per heavy atom. The standard InChI is InChI=1S/C17H23N3O/c1-4-8-18-15(12-14-7-5-6-13(2)11-14)16-17(21-3)20-10-9-19-16/h5-7,9-11,15,18H,4,8,12H2,1-3H3. The Kier molecular flexibility index (Phi) is 5.69. The molecule has 0 aliphatic carbocycles. The van der Waals surface area contributed by atoms with Crippen LogP contribution in [-0.2, 0) is 6.42 Å². The molecule has 1 aromatic carbocycles. The molecule has 4 nitrogen and oxygen atoms in total. The number of aromatic nitrogens is 2. The third-order valence-corrected chi connectivity index (χ3v) is 3.38. The van der Waals surface area contributed by atoms with E-state index in [1.54, 1.807) is 19.5 Å². The monoisotopic (exact) mass is 285 g/mol. The molecule has 0 radical (unpaired) electrons. The van der Waals surface area contributed by atoms with Gasteiger partial charge in [-0.1, -0.05) is 36.8 Å². The minimum Gasteiger partial charge on any atom is -0.480 e. The van der Waals surface area contributed by atoms with E-state index in [1.807, 2.05) is 0 Å². The molecule has 0 bridgehead atoms. The van der Waals surface area contributed by atoms with Gasteiger partial charge in [-0.05, 0) is 31.9 Å². The Morgan fingerprint density at radius 1 is 1.24 bits per heavy atom. The van der Waals surface area contributed by atoms with Crippen LogP contribution in [0.25, 0.3) is 0 Å². The Labute approximate surface area is 126 Å². The highest BCUT2D eigenvalue weighted by molar-refractivity contribution is 5.27. The molecule has 0 aliphatic rings. The van der Waals surface area contributed by atoms with Gasteiger partial charge in [0.15, 0.2) is 0 Å². The van der Waals surface area contributed by atoms with Crippen molar-refractivity contribution in [2.24, 2.45) is 0 Å². The van der Waals surface area contributed by atoms with Crippen LogP contribution in [0.3, 0.4) is 0 Å². The highest BCUT2D eigenvalue weighted by atomic mass is 16.5. The van der Waals surface area contributed by atoms with Crippen LogP contribution < -0.4 is 10.1 Å². The summed E-state index contributed by atoms with van der Waals surface area (Å²) in [5.41, 5.74) is 3.43. The molecule has 1 unspecified atom stereocenters. The number of rotatable bonds is 7. The van der Waals surface area contributed by atoms with Gasteiger partial charge in [-0.2, -0.15) is 0 Å². The van der Waals surface area contributed by atoms with Gasteiger partial charge in [0.1, 0.15) is 5.69 Å². The van der Waals surface area contributed by atoms with Gasteiger partial charge in [0.25, 0.3) is 0 Å². The van der Waals surface area contributed by atoms with E-state index < -0.39 is 0 Å². The van der Waals surface area contributed by atoms with E-state index in [0.717, 1.165) is 25.1 Å². The smallest absolute Gasteiger partial charge is 0.237 e. The van der Waals surface area contributed by atoms with E-state index in [4.69, 9.17) is 4.74 Å². The van der Waals surface area contributed by atoms with Gasteiger partial charge < -0.3 is 10.1 Å². The van der Waals surface area contributed by atoms with Gasteiger partial charge in [-0.3, -0.25) is 4.98 Å². The summed E-state index contributed by atoms with van der Waals surface area (Å²) < 4.78 is 5.35. The minimum atomic E-state index is 0.107. The van der Waals surface area contributed by atoms with E-state index in [0.29, 0.717) is 5.88 Å². The quantitative estimate of drug-likeness (QED) is 0.849. The first-order valence-electron chi connectivity index (χ1n) is 7.38. The lowest BCUT2D eigenvalue weighted by Crippen LogP contribution is -2.25. The first-order valence-corrected chi connectivity index (χ1v) is 7.38. The van der Waals surface area contributed by atoms with Crippen molar-refractivity contribution in [3.63, 3.8) is 0 Å². The summed E-state index contributed by atoms with van der Waals surface area (Å²) in [5, 5.41) is 3.55. The number of aryl methyl sites for hydroxylation is 1. The fourth-order valence-corrected chi connectivity index (χ4v) is 2.39. The summed E-state index contributed by atoms with van der Waals surface area (Å²) in [5.74, 6) is 0.596. The van der Waals surface area contributed by atoms with Crippen molar-refractivity contribution in [2.45, 2.75) is 32.7 Å². The maximum atomic E-state index is 5.35. The highest BCUT2D eigenvalue weighted by Gasteiger charge is 2.18. The summed E-state index contributed by atoms with van der Waals surface area (Å²) in [4.78, 5) is 8.73. The first-order chi connectivity index (χ1) is 10.2. The van der Waals surface area contributed by atoms with Gasteiger partial charge in [-0.15, -0.1) is 0 Å². The zero-order valence-electron chi connectivity index (χ0n) is 13.0. The van der Waals surface area contributed by atoms with Crippen molar-refractivity contribution in [3.8, 4) is 5.88 Å². The molecule has 1 aromatic heterocycles. The summed E-state index contributed by atoms with van der Waals surface area (Å²) in [6, 6.07) is 8.67. The zero-order chi connectivity index (χ0) is 15.1. The molecule has 1 atom stereocenters. The van der Waals surface area contributed by atoms with E-state index in [9.17, 15) is 0 Å². The lowest BCUT2D eigenvalue weighted by Gasteiger charge is -2.19. The van der Waals surface area contributed by atoms with Gasteiger partial charge in [0, 0.05) is 12.4 Å². The molecule has 1 heterocycles. The van der Waals surface area contributed by atoms with Crippen molar-refractivity contribution < 1.29 is 4.74 Å². The molecular weight excluding hydrogens is 262 g/mol. The number of hydrogen-bond donors (Lipinski definition) is 1. The molecule has 0 saturated carbocycles. The van der Waals surface area contributed by atoms with Crippen LogP contribution in [0, 0.1) is 6.92 Å². The van der Waals surface area contributed by atoms with E-state index >= 15 is 0 Å². The molecule has 21 heavy (non-hydrogen) atoms. The highest BCUT2D eigenvalue weighted by Crippen LogP contribution is 2.23. The number of hydrogen-bond acceptors (Lipinski definition) is 4. The number of ether oxygens (including phenoxy) is 1. The molecule has 0 saturated heterocycles. The third-order valence-electron chi connectivity index (χ3n) is 3.38. The first kappa shape index (κ1) is 15.4. The second-order valence-electron chi connectivity index (χ2n) is 5.15. The molecule has 0 spiro atoms. The lowest BCUT2D eigenvalue weighted by molar-refractivity contribution is 0.376. The molecular formula is C17H23N3O. The average Bonchev–Trinajstić information content (AvgIpc) is 2.51. The van der Waals surface area contributed by atoms with Crippen molar-refractivity contribution in [2.75, 3.05) is 13.7 Å². The molecule has 0 fully saturated rings. The average molecular weight is 285 g/mol. The summed E-state index contributed by atoms with van der Waals surface area (Å²) in [6.07, 6.45) is 5.32. The topological polar surface area (TPSA) is 47.0 Å². The molecule has 0 amide bonds. The van der Waals surface area contributed by atoms with E-state index in [-0.39, 0.29) is 6.04 Å². The third kappa shape index (κ3) is 4.26. The van der Waals surface area contributed by atoms with E-state index in [2.05, 4.69) is 53.4 Å². The molecule has 1 N–H and O–H groups in total. The van der Waals surface area contributed by atoms with Gasteiger partial charge in [0.2, 0.25) is 5.88 Å². The fourth-order valence-electron chi connectivity index (χ4n) is 2.39. The summed E-state index contributed by atoms with van der Waals surface area (Å²) >= 11 is 0. The number of methoxy groups -OCH3 is 1. The SMILES string of the molecule is CCCNC(Cc1cccc(C)c1)c1nccnc1OC. The Hall–Kier alpha value is -1.94. The Morgan fingerprint density at radius 2 is 2.05 bits per heavy atom. The van der Waals surface area contributed by atoms with Gasteiger partial charge in [0.05, 0.1) is 13.2 Å². The van der Waals surface area contributed by atoms with Crippen LogP contribution in [0.5, 0.6) is 5.88 Å². The van der Waals surface area contributed by atoms with Crippen molar-refractivity contribution in [3.05, 3.63) is 53.5 Å². The summed E-state index contributed by atoms with van der Waals surface area (Å²) in [7, 11) is 1.64. The van der Waals surface area contributed by atoms with Crippen LogP contribution in [0.1, 0.15) is 36.2 Å². The van der Waals surface area contributed by atoms with Crippen LogP contribution >= 0.6 is 0 Å². The van der Waals surface area contributed by atoms with E-state index in [1.165, 1.54) is 11.1 Å². The Bertz CT molecular complexity index is 571. The minimum absolute atomic E-state index is 0.107. The van der Waals surface area contributed by atoms with Crippen LogP contribution in [0.4, 0.5) is 0 Å². The maximum Gasteiger partial charge on any atom is 0.237 e. The second kappa shape index (κ2) is 7.74. The predicted molar refractivity (Wildman–Crippen MR) is 84.5 cm³/mol. The maximum absolute atomic E-state index is 5.35. The van der Waals surface area contributed by atoms with Crippen molar-refractivity contribution in [1.29, 1.82) is 0 Å².